The van der Waals surface area contributed by atoms with Gasteiger partial charge >= 0.3 is 5.97 Å². The van der Waals surface area contributed by atoms with E-state index in [0.717, 1.165) is 39.3 Å². The third-order valence-electron chi connectivity index (χ3n) is 3.21. The van der Waals surface area contributed by atoms with Crippen LogP contribution in [0, 0.1) is 0 Å². The van der Waals surface area contributed by atoms with Crippen molar-refractivity contribution in [2.24, 2.45) is 0 Å². The molecule has 0 radical (unpaired) electrons. The highest BCUT2D eigenvalue weighted by atomic mass is 16.5. The van der Waals surface area contributed by atoms with Crippen LogP contribution >= 0.6 is 0 Å². The number of carboxylic acid groups (broad SMARTS) is 1. The van der Waals surface area contributed by atoms with Crippen LogP contribution in [0.4, 0.5) is 0 Å². The van der Waals surface area contributed by atoms with Crippen molar-refractivity contribution >= 4 is 5.97 Å². The molecule has 1 aliphatic heterocycles. The fourth-order valence-electron chi connectivity index (χ4n) is 2.12. The van der Waals surface area contributed by atoms with Crippen LogP contribution in [-0.2, 0) is 11.3 Å². The molecule has 1 saturated heterocycles. The SMILES string of the molecule is O=C(O)c1ccc(=O)n(CCCN2CCOCC2)c1. The highest BCUT2D eigenvalue weighted by Crippen LogP contribution is 2.00. The maximum atomic E-state index is 11.6. The summed E-state index contributed by atoms with van der Waals surface area (Å²) in [7, 11) is 0. The molecule has 1 N–H and O–H groups in total. The van der Waals surface area contributed by atoms with Crippen molar-refractivity contribution in [2.75, 3.05) is 32.8 Å². The normalized spacial score (nSPS) is 16.4. The summed E-state index contributed by atoms with van der Waals surface area (Å²) in [4.78, 5) is 24.7. The van der Waals surface area contributed by atoms with Gasteiger partial charge in [-0.1, -0.05) is 0 Å². The van der Waals surface area contributed by atoms with Crippen LogP contribution in [0.5, 0.6) is 0 Å². The van der Waals surface area contributed by atoms with E-state index in [1.807, 2.05) is 0 Å². The zero-order valence-electron chi connectivity index (χ0n) is 10.7. The standard InChI is InChI=1S/C13H18N2O4/c16-12-3-2-11(13(17)18)10-15(12)5-1-4-14-6-8-19-9-7-14/h2-3,10H,1,4-9H2,(H,17,18). The molecule has 2 heterocycles. The lowest BCUT2D eigenvalue weighted by molar-refractivity contribution is 0.0369. The Morgan fingerprint density at radius 3 is 2.68 bits per heavy atom. The first kappa shape index (κ1) is 13.8. The smallest absolute Gasteiger partial charge is 0.337 e. The van der Waals surface area contributed by atoms with E-state index in [1.54, 1.807) is 0 Å². The maximum absolute atomic E-state index is 11.6. The van der Waals surface area contributed by atoms with Gasteiger partial charge in [-0.2, -0.15) is 0 Å². The molecule has 0 aromatic carbocycles. The second-order valence-corrected chi connectivity index (χ2v) is 4.56. The summed E-state index contributed by atoms with van der Waals surface area (Å²) in [6.45, 7) is 4.79. The van der Waals surface area contributed by atoms with Gasteiger partial charge in [0.15, 0.2) is 0 Å². The van der Waals surface area contributed by atoms with Crippen LogP contribution in [0.25, 0.3) is 0 Å². The van der Waals surface area contributed by atoms with Crippen LogP contribution < -0.4 is 5.56 Å². The second kappa shape index (κ2) is 6.49. The molecule has 0 aliphatic carbocycles. The highest BCUT2D eigenvalue weighted by Gasteiger charge is 2.10. The summed E-state index contributed by atoms with van der Waals surface area (Å²) in [5.74, 6) is -1.01. The van der Waals surface area contributed by atoms with E-state index in [9.17, 15) is 9.59 Å². The Bertz CT molecular complexity index is 492. The van der Waals surface area contributed by atoms with Crippen molar-refractivity contribution in [1.29, 1.82) is 0 Å². The summed E-state index contributed by atoms with van der Waals surface area (Å²) in [5.41, 5.74) is -0.0158. The maximum Gasteiger partial charge on any atom is 0.337 e. The average Bonchev–Trinajstić information content (AvgIpc) is 2.42. The fraction of sp³-hybridized carbons (Fsp3) is 0.538. The number of aromatic nitrogens is 1. The minimum Gasteiger partial charge on any atom is -0.478 e. The summed E-state index contributed by atoms with van der Waals surface area (Å²) in [5, 5.41) is 8.89. The molecule has 104 valence electrons. The highest BCUT2D eigenvalue weighted by molar-refractivity contribution is 5.87. The minimum absolute atomic E-state index is 0.144. The van der Waals surface area contributed by atoms with E-state index in [2.05, 4.69) is 4.90 Å². The summed E-state index contributed by atoms with van der Waals surface area (Å²) >= 11 is 0. The fourth-order valence-corrected chi connectivity index (χ4v) is 2.12. The number of carbonyl (C=O) groups is 1. The zero-order chi connectivity index (χ0) is 13.7. The van der Waals surface area contributed by atoms with Crippen LogP contribution in [-0.4, -0.2) is 53.4 Å². The number of aromatic carboxylic acids is 1. The van der Waals surface area contributed by atoms with E-state index in [4.69, 9.17) is 9.84 Å². The molecule has 6 nitrogen and oxygen atoms in total. The third kappa shape index (κ3) is 3.90. The van der Waals surface area contributed by atoms with Crippen molar-refractivity contribution < 1.29 is 14.6 Å². The molecule has 0 spiro atoms. The topological polar surface area (TPSA) is 71.8 Å². The number of ether oxygens (including phenoxy) is 1. The first-order valence-corrected chi connectivity index (χ1v) is 6.41. The Hall–Kier alpha value is -1.66. The van der Waals surface area contributed by atoms with E-state index < -0.39 is 5.97 Å². The minimum atomic E-state index is -1.01. The van der Waals surface area contributed by atoms with Gasteiger partial charge in [0.05, 0.1) is 18.8 Å². The van der Waals surface area contributed by atoms with Gasteiger partial charge in [0.25, 0.3) is 5.56 Å². The largest absolute Gasteiger partial charge is 0.478 e. The van der Waals surface area contributed by atoms with E-state index in [0.29, 0.717) is 6.54 Å². The molecule has 1 aromatic heterocycles. The molecule has 1 aliphatic rings. The lowest BCUT2D eigenvalue weighted by Crippen LogP contribution is -2.37. The Balaban J connectivity index is 1.89. The van der Waals surface area contributed by atoms with Gasteiger partial charge in [0.1, 0.15) is 0 Å². The molecule has 0 bridgehead atoms. The molecule has 1 fully saturated rings. The molecule has 6 heteroatoms. The van der Waals surface area contributed by atoms with E-state index in [-0.39, 0.29) is 11.1 Å². The number of morpholine rings is 1. The average molecular weight is 266 g/mol. The van der Waals surface area contributed by atoms with Crippen LogP contribution in [0.3, 0.4) is 0 Å². The Morgan fingerprint density at radius 2 is 2.00 bits per heavy atom. The van der Waals surface area contributed by atoms with E-state index in [1.165, 1.54) is 22.9 Å². The first-order valence-electron chi connectivity index (χ1n) is 6.41. The second-order valence-electron chi connectivity index (χ2n) is 4.56. The Morgan fingerprint density at radius 1 is 1.26 bits per heavy atom. The van der Waals surface area contributed by atoms with E-state index >= 15 is 0 Å². The number of nitrogens with zero attached hydrogens (tertiary/aromatic N) is 2. The van der Waals surface area contributed by atoms with Crippen molar-refractivity contribution in [3.05, 3.63) is 34.2 Å². The lowest BCUT2D eigenvalue weighted by Gasteiger charge is -2.26. The number of aryl methyl sites for hydroxylation is 1. The number of hydrogen-bond acceptors (Lipinski definition) is 4. The van der Waals surface area contributed by atoms with Crippen LogP contribution in [0.2, 0.25) is 0 Å². The molecule has 0 unspecified atom stereocenters. The number of pyridine rings is 1. The lowest BCUT2D eigenvalue weighted by atomic mass is 10.2. The molecular weight excluding hydrogens is 248 g/mol. The van der Waals surface area contributed by atoms with Gasteiger partial charge in [-0.05, 0) is 12.5 Å². The van der Waals surface area contributed by atoms with Gasteiger partial charge in [0.2, 0.25) is 0 Å². The molecular formula is C13H18N2O4. The predicted molar refractivity (Wildman–Crippen MR) is 69.5 cm³/mol. The van der Waals surface area contributed by atoms with Gasteiger partial charge in [-0.15, -0.1) is 0 Å². The van der Waals surface area contributed by atoms with Gasteiger partial charge in [0, 0.05) is 38.4 Å². The van der Waals surface area contributed by atoms with Crippen molar-refractivity contribution in [2.45, 2.75) is 13.0 Å². The third-order valence-corrected chi connectivity index (χ3v) is 3.21. The van der Waals surface area contributed by atoms with Crippen molar-refractivity contribution in [1.82, 2.24) is 9.47 Å². The predicted octanol–water partition coefficient (Wildman–Crippen LogP) is 0.269. The summed E-state index contributed by atoms with van der Waals surface area (Å²) < 4.78 is 6.73. The summed E-state index contributed by atoms with van der Waals surface area (Å²) in [6, 6.07) is 2.64. The monoisotopic (exact) mass is 266 g/mol. The van der Waals surface area contributed by atoms with Crippen molar-refractivity contribution in [3.63, 3.8) is 0 Å². The molecule has 0 amide bonds. The van der Waals surface area contributed by atoms with Crippen LogP contribution in [0.1, 0.15) is 16.8 Å². The van der Waals surface area contributed by atoms with Crippen LogP contribution in [0.15, 0.2) is 23.1 Å². The quantitative estimate of drug-likeness (QED) is 0.828. The van der Waals surface area contributed by atoms with Crippen molar-refractivity contribution in [3.8, 4) is 0 Å². The van der Waals surface area contributed by atoms with Gasteiger partial charge in [-0.3, -0.25) is 9.69 Å². The number of rotatable bonds is 5. The zero-order valence-corrected chi connectivity index (χ0v) is 10.7. The molecule has 0 saturated carbocycles. The Labute approximate surface area is 111 Å². The Kier molecular flexibility index (Phi) is 4.70. The molecule has 0 atom stereocenters. The number of carboxylic acids is 1. The molecule has 1 aromatic rings. The summed E-state index contributed by atoms with van der Waals surface area (Å²) in [6.07, 6.45) is 2.23. The van der Waals surface area contributed by atoms with Gasteiger partial charge < -0.3 is 14.4 Å². The molecule has 2 rings (SSSR count). The van der Waals surface area contributed by atoms with Gasteiger partial charge in [-0.25, -0.2) is 4.79 Å². The number of hydrogen-bond donors (Lipinski definition) is 1. The first-order chi connectivity index (χ1) is 9.16. The molecule has 19 heavy (non-hydrogen) atoms.